The molecule has 0 radical (unpaired) electrons. The highest BCUT2D eigenvalue weighted by Crippen LogP contribution is 2.26. The van der Waals surface area contributed by atoms with Crippen molar-refractivity contribution in [2.75, 3.05) is 56.0 Å². The average molecular weight is 517 g/mol. The molecule has 2 amide bonds. The van der Waals surface area contributed by atoms with Crippen LogP contribution in [-0.4, -0.2) is 73.2 Å². The standard InChI is InChI=1S/C26H30Cl2N4O3/c1-18(33)19-2-5-22(6-3-19)31-12-14-32(15-13-31)26(35)20-8-10-30(11-9-20)17-25(34)29-21-4-7-23(27)24(28)16-21/h2-7,16,20H,8-15,17H2,1H3,(H,29,34). The molecule has 2 saturated heterocycles. The van der Waals surface area contributed by atoms with Gasteiger partial charge in [0.05, 0.1) is 16.6 Å². The van der Waals surface area contributed by atoms with Crippen LogP contribution in [0.4, 0.5) is 11.4 Å². The summed E-state index contributed by atoms with van der Waals surface area (Å²) in [5, 5.41) is 3.69. The number of piperazine rings is 1. The Kier molecular flexibility index (Phi) is 8.31. The lowest BCUT2D eigenvalue weighted by Crippen LogP contribution is -2.52. The molecule has 1 N–H and O–H groups in total. The number of ketones is 1. The minimum absolute atomic E-state index is 0.00535. The summed E-state index contributed by atoms with van der Waals surface area (Å²) in [7, 11) is 0. The minimum atomic E-state index is -0.111. The number of piperidine rings is 1. The van der Waals surface area contributed by atoms with Crippen LogP contribution in [-0.2, 0) is 9.59 Å². The second-order valence-electron chi connectivity index (χ2n) is 9.14. The molecule has 2 fully saturated rings. The van der Waals surface area contributed by atoms with Gasteiger partial charge >= 0.3 is 0 Å². The van der Waals surface area contributed by atoms with Gasteiger partial charge in [-0.25, -0.2) is 0 Å². The van der Waals surface area contributed by atoms with E-state index in [0.29, 0.717) is 47.5 Å². The lowest BCUT2D eigenvalue weighted by Gasteiger charge is -2.39. The van der Waals surface area contributed by atoms with Gasteiger partial charge < -0.3 is 15.1 Å². The Balaban J connectivity index is 1.20. The Morgan fingerprint density at radius 1 is 0.886 bits per heavy atom. The lowest BCUT2D eigenvalue weighted by atomic mass is 9.95. The first-order valence-corrected chi connectivity index (χ1v) is 12.7. The highest BCUT2D eigenvalue weighted by Gasteiger charge is 2.31. The lowest BCUT2D eigenvalue weighted by molar-refractivity contribution is -0.137. The largest absolute Gasteiger partial charge is 0.368 e. The summed E-state index contributed by atoms with van der Waals surface area (Å²) in [6.45, 7) is 6.22. The molecule has 2 aliphatic heterocycles. The third-order valence-corrected chi connectivity index (χ3v) is 7.48. The van der Waals surface area contributed by atoms with E-state index in [1.165, 1.54) is 0 Å². The van der Waals surface area contributed by atoms with Crippen molar-refractivity contribution in [2.24, 2.45) is 5.92 Å². The van der Waals surface area contributed by atoms with Crippen LogP contribution in [0.1, 0.15) is 30.1 Å². The summed E-state index contributed by atoms with van der Waals surface area (Å²) >= 11 is 11.9. The van der Waals surface area contributed by atoms with Crippen molar-refractivity contribution >= 4 is 52.2 Å². The maximum Gasteiger partial charge on any atom is 0.238 e. The highest BCUT2D eigenvalue weighted by atomic mass is 35.5. The van der Waals surface area contributed by atoms with Crippen molar-refractivity contribution in [3.05, 3.63) is 58.1 Å². The summed E-state index contributed by atoms with van der Waals surface area (Å²) in [5.74, 6) is 0.174. The minimum Gasteiger partial charge on any atom is -0.368 e. The second kappa shape index (κ2) is 11.4. The number of carbonyl (C=O) groups is 3. The van der Waals surface area contributed by atoms with Gasteiger partial charge in [-0.3, -0.25) is 19.3 Å². The molecule has 186 valence electrons. The molecule has 2 aromatic rings. The number of anilines is 2. The molecule has 2 heterocycles. The van der Waals surface area contributed by atoms with E-state index < -0.39 is 0 Å². The molecule has 0 atom stereocenters. The van der Waals surface area contributed by atoms with Crippen LogP contribution in [0, 0.1) is 5.92 Å². The van der Waals surface area contributed by atoms with Crippen LogP contribution in [0.2, 0.25) is 10.0 Å². The van der Waals surface area contributed by atoms with E-state index in [4.69, 9.17) is 23.2 Å². The molecular formula is C26H30Cl2N4O3. The number of hydrogen-bond acceptors (Lipinski definition) is 5. The zero-order chi connectivity index (χ0) is 24.9. The first kappa shape index (κ1) is 25.5. The first-order chi connectivity index (χ1) is 16.8. The molecular weight excluding hydrogens is 487 g/mol. The van der Waals surface area contributed by atoms with E-state index in [0.717, 1.165) is 31.6 Å². The Bertz CT molecular complexity index is 1080. The third kappa shape index (κ3) is 6.54. The first-order valence-electron chi connectivity index (χ1n) is 11.9. The molecule has 0 saturated carbocycles. The molecule has 35 heavy (non-hydrogen) atoms. The number of amides is 2. The Morgan fingerprint density at radius 2 is 1.54 bits per heavy atom. The Labute approximate surface area is 216 Å². The topological polar surface area (TPSA) is 73.0 Å². The van der Waals surface area contributed by atoms with Gasteiger partial charge in [0.2, 0.25) is 11.8 Å². The summed E-state index contributed by atoms with van der Waals surface area (Å²) in [6, 6.07) is 12.7. The number of Topliss-reactive ketones (excluding diaryl/α,β-unsaturated/α-hetero) is 1. The van der Waals surface area contributed by atoms with Gasteiger partial charge in [0.25, 0.3) is 0 Å². The van der Waals surface area contributed by atoms with Gasteiger partial charge in [0.1, 0.15) is 0 Å². The fraction of sp³-hybridized carbons (Fsp3) is 0.423. The smallest absolute Gasteiger partial charge is 0.238 e. The third-order valence-electron chi connectivity index (χ3n) is 6.74. The number of rotatable bonds is 6. The Morgan fingerprint density at radius 3 is 2.14 bits per heavy atom. The van der Waals surface area contributed by atoms with Gasteiger partial charge in [0.15, 0.2) is 5.78 Å². The van der Waals surface area contributed by atoms with E-state index in [9.17, 15) is 14.4 Å². The fourth-order valence-electron chi connectivity index (χ4n) is 4.67. The number of halogens is 2. The number of likely N-dealkylation sites (tertiary alicyclic amines) is 1. The van der Waals surface area contributed by atoms with Crippen LogP contribution >= 0.6 is 23.2 Å². The maximum absolute atomic E-state index is 13.1. The van der Waals surface area contributed by atoms with Crippen molar-refractivity contribution in [1.29, 1.82) is 0 Å². The maximum atomic E-state index is 13.1. The van der Waals surface area contributed by atoms with Crippen molar-refractivity contribution in [2.45, 2.75) is 19.8 Å². The SMILES string of the molecule is CC(=O)c1ccc(N2CCN(C(=O)C3CCN(CC(=O)Nc4ccc(Cl)c(Cl)c4)CC3)CC2)cc1. The molecule has 9 heteroatoms. The van der Waals surface area contributed by atoms with Gasteiger partial charge in [-0.2, -0.15) is 0 Å². The molecule has 0 aliphatic carbocycles. The van der Waals surface area contributed by atoms with Gasteiger partial charge in [-0.05, 0) is 75.3 Å². The Hall–Kier alpha value is -2.61. The van der Waals surface area contributed by atoms with Crippen LogP contribution < -0.4 is 10.2 Å². The number of benzene rings is 2. The number of nitrogens with one attached hydrogen (secondary N) is 1. The summed E-state index contributed by atoms with van der Waals surface area (Å²) in [5.41, 5.74) is 2.40. The van der Waals surface area contributed by atoms with Gasteiger partial charge in [-0.15, -0.1) is 0 Å². The highest BCUT2D eigenvalue weighted by molar-refractivity contribution is 6.42. The average Bonchev–Trinajstić information content (AvgIpc) is 2.86. The van der Waals surface area contributed by atoms with Crippen molar-refractivity contribution < 1.29 is 14.4 Å². The number of nitrogens with zero attached hydrogens (tertiary/aromatic N) is 3. The zero-order valence-corrected chi connectivity index (χ0v) is 21.3. The van der Waals surface area contributed by atoms with Gasteiger partial charge in [0, 0.05) is 49.0 Å². The van der Waals surface area contributed by atoms with Crippen LogP contribution in [0.15, 0.2) is 42.5 Å². The monoisotopic (exact) mass is 516 g/mol. The molecule has 0 unspecified atom stereocenters. The van der Waals surface area contributed by atoms with E-state index in [-0.39, 0.29) is 30.1 Å². The predicted molar refractivity (Wildman–Crippen MR) is 139 cm³/mol. The molecule has 2 aliphatic rings. The molecule has 0 aromatic heterocycles. The normalized spacial score (nSPS) is 17.3. The summed E-state index contributed by atoms with van der Waals surface area (Å²) in [4.78, 5) is 43.3. The van der Waals surface area contributed by atoms with Crippen LogP contribution in [0.25, 0.3) is 0 Å². The van der Waals surface area contributed by atoms with Crippen molar-refractivity contribution in [3.8, 4) is 0 Å². The fourth-order valence-corrected chi connectivity index (χ4v) is 4.96. The van der Waals surface area contributed by atoms with E-state index in [1.807, 2.05) is 29.2 Å². The molecule has 0 bridgehead atoms. The van der Waals surface area contributed by atoms with E-state index >= 15 is 0 Å². The predicted octanol–water partition coefficient (Wildman–Crippen LogP) is 4.20. The van der Waals surface area contributed by atoms with E-state index in [1.54, 1.807) is 25.1 Å². The molecule has 0 spiro atoms. The summed E-state index contributed by atoms with van der Waals surface area (Å²) < 4.78 is 0. The molecule has 4 rings (SSSR count). The van der Waals surface area contributed by atoms with Gasteiger partial charge in [-0.1, -0.05) is 23.2 Å². The molecule has 7 nitrogen and oxygen atoms in total. The van der Waals surface area contributed by atoms with Crippen molar-refractivity contribution in [1.82, 2.24) is 9.80 Å². The quantitative estimate of drug-likeness (QED) is 0.582. The zero-order valence-electron chi connectivity index (χ0n) is 19.8. The van der Waals surface area contributed by atoms with Crippen LogP contribution in [0.5, 0.6) is 0 Å². The molecule has 2 aromatic carbocycles. The number of hydrogen-bond donors (Lipinski definition) is 1. The van der Waals surface area contributed by atoms with E-state index in [2.05, 4.69) is 15.1 Å². The summed E-state index contributed by atoms with van der Waals surface area (Å²) in [6.07, 6.45) is 1.51. The second-order valence-corrected chi connectivity index (χ2v) is 9.96. The number of carbonyl (C=O) groups excluding carboxylic acids is 3. The van der Waals surface area contributed by atoms with Crippen LogP contribution in [0.3, 0.4) is 0 Å². The van der Waals surface area contributed by atoms with Crippen molar-refractivity contribution in [3.63, 3.8) is 0 Å².